The molecule has 0 amide bonds. The number of benzene rings is 2. The summed E-state index contributed by atoms with van der Waals surface area (Å²) < 4.78 is 0. The molecule has 1 aliphatic carbocycles. The van der Waals surface area contributed by atoms with Gasteiger partial charge in [0.1, 0.15) is 0 Å². The summed E-state index contributed by atoms with van der Waals surface area (Å²) in [5, 5.41) is 0. The van der Waals surface area contributed by atoms with Crippen LogP contribution in [0, 0.1) is 0 Å². The molecule has 0 bridgehead atoms. The van der Waals surface area contributed by atoms with Gasteiger partial charge in [-0.2, -0.15) is 0 Å². The number of allylic oxidation sites excluding steroid dienone is 1. The van der Waals surface area contributed by atoms with E-state index in [4.69, 9.17) is 0 Å². The van der Waals surface area contributed by atoms with Crippen LogP contribution in [-0.4, -0.2) is 5.78 Å². The van der Waals surface area contributed by atoms with Crippen LogP contribution in [0.25, 0.3) is 17.2 Å². The topological polar surface area (TPSA) is 17.1 Å². The Bertz CT molecular complexity index is 638. The zero-order valence-corrected chi connectivity index (χ0v) is 11.5. The summed E-state index contributed by atoms with van der Waals surface area (Å²) in [6.07, 6.45) is 5.88. The van der Waals surface area contributed by atoms with Crippen LogP contribution in [0.15, 0.2) is 60.2 Å². The molecule has 0 N–H and O–H groups in total. The van der Waals surface area contributed by atoms with Gasteiger partial charge in [-0.05, 0) is 47.6 Å². The molecule has 1 nitrogen and oxygen atoms in total. The van der Waals surface area contributed by atoms with Gasteiger partial charge in [0.05, 0.1) is 0 Å². The maximum atomic E-state index is 12.0. The molecule has 0 saturated heterocycles. The first-order valence-electron chi connectivity index (χ1n) is 7.23. The van der Waals surface area contributed by atoms with Crippen molar-refractivity contribution in [1.82, 2.24) is 0 Å². The molecule has 2 aromatic carbocycles. The normalized spacial score (nSPS) is 17.4. The second kappa shape index (κ2) is 5.87. The molecule has 1 aliphatic rings. The highest BCUT2D eigenvalue weighted by atomic mass is 16.1. The van der Waals surface area contributed by atoms with Crippen LogP contribution in [0.5, 0.6) is 0 Å². The third-order valence-corrected chi connectivity index (χ3v) is 3.83. The van der Waals surface area contributed by atoms with Crippen LogP contribution < -0.4 is 0 Å². The summed E-state index contributed by atoms with van der Waals surface area (Å²) in [6, 6.07) is 18.6. The van der Waals surface area contributed by atoms with Crippen LogP contribution in [0.3, 0.4) is 0 Å². The third kappa shape index (κ3) is 2.72. The van der Waals surface area contributed by atoms with Gasteiger partial charge in [0.25, 0.3) is 0 Å². The van der Waals surface area contributed by atoms with Gasteiger partial charge >= 0.3 is 0 Å². The van der Waals surface area contributed by atoms with Crippen molar-refractivity contribution in [3.8, 4) is 11.1 Å². The molecule has 0 atom stereocenters. The molecular weight excluding hydrogens is 244 g/mol. The first-order valence-corrected chi connectivity index (χ1v) is 7.23. The third-order valence-electron chi connectivity index (χ3n) is 3.83. The van der Waals surface area contributed by atoms with Crippen LogP contribution in [0.2, 0.25) is 0 Å². The van der Waals surface area contributed by atoms with E-state index in [1.165, 1.54) is 11.1 Å². The molecule has 0 aliphatic heterocycles. The Morgan fingerprint density at radius 1 is 0.800 bits per heavy atom. The van der Waals surface area contributed by atoms with E-state index in [2.05, 4.69) is 30.3 Å². The first-order chi connectivity index (χ1) is 9.84. The smallest absolute Gasteiger partial charge is 0.158 e. The molecule has 3 rings (SSSR count). The predicted octanol–water partition coefficient (Wildman–Crippen LogP) is 4.88. The summed E-state index contributed by atoms with van der Waals surface area (Å²) in [4.78, 5) is 12.0. The monoisotopic (exact) mass is 262 g/mol. The fourth-order valence-electron chi connectivity index (χ4n) is 2.74. The van der Waals surface area contributed by atoms with E-state index in [1.807, 2.05) is 30.3 Å². The molecule has 0 heterocycles. The molecule has 100 valence electrons. The van der Waals surface area contributed by atoms with Crippen LogP contribution in [-0.2, 0) is 4.79 Å². The minimum Gasteiger partial charge on any atom is -0.295 e. The standard InChI is InChI=1S/C19H18O/c20-19-13-7-5-11-17(19)14-16-10-4-6-12-18(16)15-8-2-1-3-9-15/h1-4,6,8-10,12,14H,5,7,11,13H2/b17-14+. The Labute approximate surface area is 120 Å². The van der Waals surface area contributed by atoms with E-state index in [9.17, 15) is 4.79 Å². The van der Waals surface area contributed by atoms with Crippen LogP contribution in [0.1, 0.15) is 31.2 Å². The van der Waals surface area contributed by atoms with Gasteiger partial charge in [-0.3, -0.25) is 4.79 Å². The SMILES string of the molecule is O=C1CCCC/C1=C\c1ccccc1-c1ccccc1. The van der Waals surface area contributed by atoms with E-state index >= 15 is 0 Å². The van der Waals surface area contributed by atoms with Gasteiger partial charge in [0, 0.05) is 6.42 Å². The highest BCUT2D eigenvalue weighted by Gasteiger charge is 2.15. The average molecular weight is 262 g/mol. The van der Waals surface area contributed by atoms with Crippen molar-refractivity contribution in [3.05, 3.63) is 65.7 Å². The molecule has 1 saturated carbocycles. The minimum atomic E-state index is 0.319. The Hall–Kier alpha value is -2.15. The molecule has 20 heavy (non-hydrogen) atoms. The van der Waals surface area contributed by atoms with E-state index in [0.717, 1.165) is 30.4 Å². The molecule has 0 spiro atoms. The Morgan fingerprint density at radius 3 is 2.30 bits per heavy atom. The van der Waals surface area contributed by atoms with E-state index in [1.54, 1.807) is 0 Å². The van der Waals surface area contributed by atoms with Crippen LogP contribution >= 0.6 is 0 Å². The quantitative estimate of drug-likeness (QED) is 0.705. The lowest BCUT2D eigenvalue weighted by Crippen LogP contribution is -2.08. The lowest BCUT2D eigenvalue weighted by molar-refractivity contribution is -0.116. The fraction of sp³-hybridized carbons (Fsp3) is 0.211. The number of carbonyl (C=O) groups is 1. The number of ketones is 1. The first kappa shape index (κ1) is 12.9. The predicted molar refractivity (Wildman–Crippen MR) is 83.3 cm³/mol. The summed E-state index contributed by atoms with van der Waals surface area (Å²) in [5.41, 5.74) is 4.52. The Kier molecular flexibility index (Phi) is 3.78. The highest BCUT2D eigenvalue weighted by molar-refractivity contribution is 6.00. The Morgan fingerprint density at radius 2 is 1.50 bits per heavy atom. The average Bonchev–Trinajstić information content (AvgIpc) is 2.51. The number of carbonyl (C=O) groups excluding carboxylic acids is 1. The van der Waals surface area contributed by atoms with Crippen molar-refractivity contribution in [3.63, 3.8) is 0 Å². The highest BCUT2D eigenvalue weighted by Crippen LogP contribution is 2.28. The maximum Gasteiger partial charge on any atom is 0.158 e. The largest absolute Gasteiger partial charge is 0.295 e. The van der Waals surface area contributed by atoms with Gasteiger partial charge in [-0.15, -0.1) is 0 Å². The lowest BCUT2D eigenvalue weighted by atomic mass is 9.90. The number of rotatable bonds is 2. The van der Waals surface area contributed by atoms with Gasteiger partial charge in [0.15, 0.2) is 5.78 Å². The fourth-order valence-corrected chi connectivity index (χ4v) is 2.74. The van der Waals surface area contributed by atoms with Crippen molar-refractivity contribution in [2.45, 2.75) is 25.7 Å². The molecule has 0 aromatic heterocycles. The van der Waals surface area contributed by atoms with Crippen molar-refractivity contribution in [2.75, 3.05) is 0 Å². The van der Waals surface area contributed by atoms with Gasteiger partial charge in [-0.1, -0.05) is 54.6 Å². The Balaban J connectivity index is 2.02. The lowest BCUT2D eigenvalue weighted by Gasteiger charge is -2.14. The number of hydrogen-bond donors (Lipinski definition) is 0. The van der Waals surface area contributed by atoms with Crippen LogP contribution in [0.4, 0.5) is 0 Å². The maximum absolute atomic E-state index is 12.0. The summed E-state index contributed by atoms with van der Waals surface area (Å²) in [7, 11) is 0. The van der Waals surface area contributed by atoms with E-state index < -0.39 is 0 Å². The van der Waals surface area contributed by atoms with Crippen molar-refractivity contribution in [2.24, 2.45) is 0 Å². The summed E-state index contributed by atoms with van der Waals surface area (Å²) in [5.74, 6) is 0.319. The molecule has 1 heteroatoms. The minimum absolute atomic E-state index is 0.319. The van der Waals surface area contributed by atoms with Crippen molar-refractivity contribution >= 4 is 11.9 Å². The molecule has 1 fully saturated rings. The zero-order valence-electron chi connectivity index (χ0n) is 11.5. The van der Waals surface area contributed by atoms with Crippen molar-refractivity contribution in [1.29, 1.82) is 0 Å². The molecule has 0 radical (unpaired) electrons. The van der Waals surface area contributed by atoms with Gasteiger partial charge in [0.2, 0.25) is 0 Å². The second-order valence-corrected chi connectivity index (χ2v) is 5.25. The second-order valence-electron chi connectivity index (χ2n) is 5.25. The molecule has 0 unspecified atom stereocenters. The number of Topliss-reactive ketones (excluding diaryl/α,β-unsaturated/α-hetero) is 1. The van der Waals surface area contributed by atoms with E-state index in [0.29, 0.717) is 12.2 Å². The molecule has 2 aromatic rings. The summed E-state index contributed by atoms with van der Waals surface area (Å²) >= 11 is 0. The molecular formula is C19H18O. The van der Waals surface area contributed by atoms with Crippen molar-refractivity contribution < 1.29 is 4.79 Å². The van der Waals surface area contributed by atoms with Gasteiger partial charge < -0.3 is 0 Å². The van der Waals surface area contributed by atoms with Gasteiger partial charge in [-0.25, -0.2) is 0 Å². The number of hydrogen-bond acceptors (Lipinski definition) is 1. The zero-order chi connectivity index (χ0) is 13.8. The van der Waals surface area contributed by atoms with E-state index in [-0.39, 0.29) is 0 Å². The summed E-state index contributed by atoms with van der Waals surface area (Å²) in [6.45, 7) is 0.